The molecular weight excluding hydrogens is 256 g/mol. The highest BCUT2D eigenvalue weighted by atomic mass is 35.5. The minimum Gasteiger partial charge on any atom is -0.394 e. The lowest BCUT2D eigenvalue weighted by Gasteiger charge is -2.32. The molecule has 0 bridgehead atoms. The van der Waals surface area contributed by atoms with Gasteiger partial charge < -0.3 is 20.9 Å². The Balaban J connectivity index is 2.05. The number of ether oxygens (including phenoxy) is 1. The Kier molecular flexibility index (Phi) is 3.89. The van der Waals surface area contributed by atoms with Crippen molar-refractivity contribution in [3.05, 3.63) is 11.0 Å². The maximum atomic E-state index is 10.3. The minimum atomic E-state index is -0.782. The highest BCUT2D eigenvalue weighted by Crippen LogP contribution is 2.24. The van der Waals surface area contributed by atoms with E-state index in [-0.39, 0.29) is 5.28 Å². The van der Waals surface area contributed by atoms with Gasteiger partial charge in [0.2, 0.25) is 5.28 Å². The number of hydrogen-bond donors (Lipinski definition) is 3. The Morgan fingerprint density at radius 3 is 2.78 bits per heavy atom. The third-order valence-corrected chi connectivity index (χ3v) is 3.29. The fraction of sp³-hybridized carbons (Fsp3) is 0.636. The van der Waals surface area contributed by atoms with Crippen LogP contribution in [0.4, 0.5) is 11.5 Å². The molecule has 1 saturated heterocycles. The van der Waals surface area contributed by atoms with Gasteiger partial charge in [-0.15, -0.1) is 0 Å². The third kappa shape index (κ3) is 3.01. The molecule has 0 amide bonds. The van der Waals surface area contributed by atoms with E-state index in [1.165, 1.54) is 0 Å². The number of nitrogen functional groups attached to an aromatic ring is 1. The zero-order valence-corrected chi connectivity index (χ0v) is 11.0. The first-order valence-corrected chi connectivity index (χ1v) is 6.22. The van der Waals surface area contributed by atoms with Crippen LogP contribution in [0, 0.1) is 6.92 Å². The van der Waals surface area contributed by atoms with Crippen molar-refractivity contribution in [3.8, 4) is 0 Å². The van der Waals surface area contributed by atoms with E-state index >= 15 is 0 Å². The van der Waals surface area contributed by atoms with E-state index in [2.05, 4.69) is 15.3 Å². The van der Waals surface area contributed by atoms with Crippen LogP contribution in [0.15, 0.2) is 0 Å². The number of anilines is 2. The van der Waals surface area contributed by atoms with Gasteiger partial charge in [-0.1, -0.05) is 0 Å². The predicted octanol–water partition coefficient (Wildman–Crippen LogP) is 0.974. The van der Waals surface area contributed by atoms with E-state index in [4.69, 9.17) is 22.1 Å². The van der Waals surface area contributed by atoms with Crippen molar-refractivity contribution in [2.24, 2.45) is 0 Å². The summed E-state index contributed by atoms with van der Waals surface area (Å²) in [5.74, 6) is 0.465. The van der Waals surface area contributed by atoms with Crippen molar-refractivity contribution >= 4 is 23.1 Å². The molecule has 1 fully saturated rings. The fourth-order valence-electron chi connectivity index (χ4n) is 1.86. The Hall–Kier alpha value is -1.11. The number of rotatable bonds is 3. The van der Waals surface area contributed by atoms with Crippen molar-refractivity contribution in [1.82, 2.24) is 9.97 Å². The van der Waals surface area contributed by atoms with Gasteiger partial charge >= 0.3 is 0 Å². The van der Waals surface area contributed by atoms with Crippen LogP contribution >= 0.6 is 11.6 Å². The molecule has 0 aromatic carbocycles. The number of halogens is 1. The molecule has 4 N–H and O–H groups in total. The second-order valence-electron chi connectivity index (χ2n) is 4.53. The normalized spacial score (nSPS) is 18.6. The minimum absolute atomic E-state index is 0.142. The molecule has 2 heterocycles. The molecule has 7 heteroatoms. The lowest BCUT2D eigenvalue weighted by atomic mass is 9.94. The predicted molar refractivity (Wildman–Crippen MR) is 69.7 cm³/mol. The number of aryl methyl sites for hydroxylation is 1. The maximum Gasteiger partial charge on any atom is 0.224 e. The van der Waals surface area contributed by atoms with E-state index in [1.54, 1.807) is 6.92 Å². The molecule has 0 aliphatic carbocycles. The molecule has 0 spiro atoms. The monoisotopic (exact) mass is 272 g/mol. The molecule has 6 nitrogen and oxygen atoms in total. The van der Waals surface area contributed by atoms with Crippen molar-refractivity contribution in [1.29, 1.82) is 0 Å². The molecule has 18 heavy (non-hydrogen) atoms. The van der Waals surface area contributed by atoms with Crippen LogP contribution < -0.4 is 11.1 Å². The Labute approximate surface area is 111 Å². The van der Waals surface area contributed by atoms with E-state index in [0.29, 0.717) is 49.8 Å². The van der Waals surface area contributed by atoms with Crippen LogP contribution in [-0.2, 0) is 4.74 Å². The maximum absolute atomic E-state index is 10.3. The summed E-state index contributed by atoms with van der Waals surface area (Å²) in [6.45, 7) is 3.26. The lowest BCUT2D eigenvalue weighted by molar-refractivity contribution is -0.0543. The molecular formula is C11H17ClN4O2. The molecule has 1 aliphatic heterocycles. The van der Waals surface area contributed by atoms with Crippen LogP contribution in [0.5, 0.6) is 0 Å². The van der Waals surface area contributed by atoms with Gasteiger partial charge in [-0.05, 0) is 18.5 Å². The van der Waals surface area contributed by atoms with Gasteiger partial charge in [0.05, 0.1) is 17.0 Å². The third-order valence-electron chi connectivity index (χ3n) is 3.12. The van der Waals surface area contributed by atoms with Crippen molar-refractivity contribution in [3.63, 3.8) is 0 Å². The fourth-order valence-corrected chi connectivity index (χ4v) is 2.07. The van der Waals surface area contributed by atoms with Gasteiger partial charge in [0.15, 0.2) is 5.82 Å². The number of aliphatic hydroxyl groups is 1. The zero-order valence-electron chi connectivity index (χ0n) is 10.2. The van der Waals surface area contributed by atoms with Gasteiger partial charge in [-0.2, -0.15) is 4.98 Å². The second-order valence-corrected chi connectivity index (χ2v) is 4.87. The Morgan fingerprint density at radius 1 is 1.44 bits per heavy atom. The summed E-state index contributed by atoms with van der Waals surface area (Å²) >= 11 is 5.78. The molecule has 2 rings (SSSR count). The first kappa shape index (κ1) is 13.3. The molecule has 0 saturated carbocycles. The summed E-state index contributed by atoms with van der Waals surface area (Å²) in [6, 6.07) is 0. The average Bonchev–Trinajstić information content (AvgIpc) is 2.33. The number of aromatic nitrogens is 2. The van der Waals surface area contributed by atoms with Crippen LogP contribution in [-0.4, -0.2) is 40.4 Å². The van der Waals surface area contributed by atoms with E-state index in [9.17, 15) is 5.11 Å². The topological polar surface area (TPSA) is 93.3 Å². The van der Waals surface area contributed by atoms with Crippen molar-refractivity contribution in [2.75, 3.05) is 30.8 Å². The molecule has 0 atom stereocenters. The summed E-state index contributed by atoms with van der Waals surface area (Å²) in [5, 5.41) is 13.5. The van der Waals surface area contributed by atoms with Crippen LogP contribution in [0.1, 0.15) is 18.5 Å². The summed E-state index contributed by atoms with van der Waals surface area (Å²) in [5.41, 5.74) is 6.15. The SMILES string of the molecule is Cc1nc(Cl)nc(NCC2(O)CCOCC2)c1N. The smallest absolute Gasteiger partial charge is 0.224 e. The lowest BCUT2D eigenvalue weighted by Crippen LogP contribution is -2.42. The van der Waals surface area contributed by atoms with Gasteiger partial charge in [0.1, 0.15) is 0 Å². The molecule has 1 aliphatic rings. The number of hydrogen-bond acceptors (Lipinski definition) is 6. The van der Waals surface area contributed by atoms with E-state index in [0.717, 1.165) is 0 Å². The molecule has 100 valence electrons. The van der Waals surface area contributed by atoms with E-state index in [1.807, 2.05) is 0 Å². The summed E-state index contributed by atoms with van der Waals surface area (Å²) in [6.07, 6.45) is 1.19. The van der Waals surface area contributed by atoms with E-state index < -0.39 is 5.60 Å². The van der Waals surface area contributed by atoms with Gasteiger partial charge in [-0.3, -0.25) is 0 Å². The van der Waals surface area contributed by atoms with Crippen molar-refractivity contribution < 1.29 is 9.84 Å². The van der Waals surface area contributed by atoms with Crippen LogP contribution in [0.3, 0.4) is 0 Å². The summed E-state index contributed by atoms with van der Waals surface area (Å²) < 4.78 is 5.22. The first-order chi connectivity index (χ1) is 8.50. The van der Waals surface area contributed by atoms with Gasteiger partial charge in [-0.25, -0.2) is 4.98 Å². The highest BCUT2D eigenvalue weighted by Gasteiger charge is 2.29. The number of nitrogens with one attached hydrogen (secondary N) is 1. The highest BCUT2D eigenvalue weighted by molar-refractivity contribution is 6.28. The summed E-state index contributed by atoms with van der Waals surface area (Å²) in [4.78, 5) is 7.98. The summed E-state index contributed by atoms with van der Waals surface area (Å²) in [7, 11) is 0. The van der Waals surface area contributed by atoms with Crippen LogP contribution in [0.2, 0.25) is 5.28 Å². The zero-order chi connectivity index (χ0) is 13.2. The Bertz CT molecular complexity index is 435. The van der Waals surface area contributed by atoms with Gasteiger partial charge in [0, 0.05) is 32.6 Å². The van der Waals surface area contributed by atoms with Gasteiger partial charge in [0.25, 0.3) is 0 Å². The standard InChI is InChI=1S/C11H17ClN4O2/c1-7-8(13)9(16-10(12)15-7)14-6-11(17)2-4-18-5-3-11/h17H,2-6,13H2,1H3,(H,14,15,16). The molecule has 0 radical (unpaired) electrons. The average molecular weight is 273 g/mol. The quantitative estimate of drug-likeness (QED) is 0.710. The molecule has 1 aromatic rings. The van der Waals surface area contributed by atoms with Crippen LogP contribution in [0.25, 0.3) is 0 Å². The Morgan fingerprint density at radius 2 is 2.11 bits per heavy atom. The molecule has 0 unspecified atom stereocenters. The number of nitrogens with two attached hydrogens (primary N) is 1. The molecule has 1 aromatic heterocycles. The largest absolute Gasteiger partial charge is 0.394 e. The van der Waals surface area contributed by atoms with Crippen molar-refractivity contribution in [2.45, 2.75) is 25.4 Å². The number of nitrogens with zero attached hydrogens (tertiary/aromatic N) is 2. The first-order valence-electron chi connectivity index (χ1n) is 5.84. The second kappa shape index (κ2) is 5.26.